The average molecular weight is 419 g/mol. The highest BCUT2D eigenvalue weighted by molar-refractivity contribution is 7.80. The first-order chi connectivity index (χ1) is 13.4. The van der Waals surface area contributed by atoms with Crippen LogP contribution in [0.5, 0.6) is 0 Å². The summed E-state index contributed by atoms with van der Waals surface area (Å²) in [5.41, 5.74) is 8.88. The lowest BCUT2D eigenvalue weighted by molar-refractivity contribution is -0.121. The van der Waals surface area contributed by atoms with Gasteiger partial charge in [-0.1, -0.05) is 23.7 Å². The van der Waals surface area contributed by atoms with Gasteiger partial charge in [0.1, 0.15) is 0 Å². The van der Waals surface area contributed by atoms with Crippen molar-refractivity contribution in [2.75, 3.05) is 11.9 Å². The second kappa shape index (κ2) is 10.6. The molecule has 2 amide bonds. The molecule has 0 saturated carbocycles. The number of halogens is 1. The van der Waals surface area contributed by atoms with Gasteiger partial charge in [-0.3, -0.25) is 20.4 Å². The van der Waals surface area contributed by atoms with Crippen molar-refractivity contribution in [3.05, 3.63) is 64.2 Å². The lowest BCUT2D eigenvalue weighted by Gasteiger charge is -2.14. The number of amides is 2. The van der Waals surface area contributed by atoms with Gasteiger partial charge in [0.2, 0.25) is 5.91 Å². The van der Waals surface area contributed by atoms with E-state index < -0.39 is 0 Å². The third-order valence-corrected chi connectivity index (χ3v) is 4.60. The molecule has 0 radical (unpaired) electrons. The van der Waals surface area contributed by atoms with E-state index in [-0.39, 0.29) is 18.2 Å². The smallest absolute Gasteiger partial charge is 0.251 e. The van der Waals surface area contributed by atoms with Gasteiger partial charge in [0.25, 0.3) is 5.91 Å². The van der Waals surface area contributed by atoms with Crippen LogP contribution in [-0.2, 0) is 4.79 Å². The lowest BCUT2D eigenvalue weighted by atomic mass is 10.1. The molecule has 0 aliphatic heterocycles. The molecule has 4 N–H and O–H groups in total. The average Bonchev–Trinajstić information content (AvgIpc) is 2.67. The standard InChI is InChI=1S/C20H23ClN4O2S/c1-13-5-3-6-17(14(13)2)23-20(28)25-24-18(26)7-4-12-22-19(27)15-8-10-16(21)11-9-15/h3,5-6,8-11H,4,7,12H2,1-2H3,(H,22,27)(H,24,26)(H2,23,25,28). The van der Waals surface area contributed by atoms with Gasteiger partial charge in [0, 0.05) is 29.2 Å². The summed E-state index contributed by atoms with van der Waals surface area (Å²) >= 11 is 11.0. The molecule has 6 nitrogen and oxygen atoms in total. The van der Waals surface area contributed by atoms with E-state index in [1.807, 2.05) is 32.0 Å². The van der Waals surface area contributed by atoms with Crippen molar-refractivity contribution in [2.45, 2.75) is 26.7 Å². The van der Waals surface area contributed by atoms with Crippen LogP contribution in [0.1, 0.15) is 34.3 Å². The van der Waals surface area contributed by atoms with E-state index in [1.54, 1.807) is 24.3 Å². The number of hydrogen-bond acceptors (Lipinski definition) is 3. The van der Waals surface area contributed by atoms with Crippen LogP contribution >= 0.6 is 23.8 Å². The number of hydrazine groups is 1. The van der Waals surface area contributed by atoms with Gasteiger partial charge in [-0.05, 0) is 73.9 Å². The normalized spacial score (nSPS) is 10.1. The van der Waals surface area contributed by atoms with E-state index in [9.17, 15) is 9.59 Å². The second-order valence-electron chi connectivity index (χ2n) is 6.24. The molecule has 0 bridgehead atoms. The first-order valence-corrected chi connectivity index (χ1v) is 9.61. The van der Waals surface area contributed by atoms with Crippen LogP contribution in [0, 0.1) is 13.8 Å². The molecule has 0 aliphatic rings. The third kappa shape index (κ3) is 6.83. The predicted molar refractivity (Wildman–Crippen MR) is 116 cm³/mol. The van der Waals surface area contributed by atoms with Crippen LogP contribution in [-0.4, -0.2) is 23.5 Å². The Labute approximate surface area is 175 Å². The highest BCUT2D eigenvalue weighted by atomic mass is 35.5. The summed E-state index contributed by atoms with van der Waals surface area (Å²) < 4.78 is 0. The summed E-state index contributed by atoms with van der Waals surface area (Å²) in [5.74, 6) is -0.417. The van der Waals surface area contributed by atoms with Crippen molar-refractivity contribution < 1.29 is 9.59 Å². The Morgan fingerprint density at radius 3 is 2.46 bits per heavy atom. The molecule has 2 aromatic rings. The molecule has 2 aromatic carbocycles. The van der Waals surface area contributed by atoms with Crippen LogP contribution in [0.4, 0.5) is 5.69 Å². The van der Waals surface area contributed by atoms with E-state index in [4.69, 9.17) is 23.8 Å². The maximum absolute atomic E-state index is 11.9. The zero-order valence-corrected chi connectivity index (χ0v) is 17.3. The SMILES string of the molecule is Cc1cccc(NC(=S)NNC(=O)CCCNC(=O)c2ccc(Cl)cc2)c1C. The zero-order valence-electron chi connectivity index (χ0n) is 15.8. The van der Waals surface area contributed by atoms with Crippen molar-refractivity contribution in [1.82, 2.24) is 16.2 Å². The molecule has 0 fully saturated rings. The fraction of sp³-hybridized carbons (Fsp3) is 0.250. The number of rotatable bonds is 6. The quantitative estimate of drug-likeness (QED) is 0.328. The van der Waals surface area contributed by atoms with Gasteiger partial charge in [-0.15, -0.1) is 0 Å². The van der Waals surface area contributed by atoms with E-state index in [2.05, 4.69) is 21.5 Å². The second-order valence-corrected chi connectivity index (χ2v) is 7.09. The number of benzene rings is 2. The lowest BCUT2D eigenvalue weighted by Crippen LogP contribution is -2.44. The predicted octanol–water partition coefficient (Wildman–Crippen LogP) is 3.48. The number of carbonyl (C=O) groups excluding carboxylic acids is 2. The Hall–Kier alpha value is -2.64. The van der Waals surface area contributed by atoms with E-state index >= 15 is 0 Å². The summed E-state index contributed by atoms with van der Waals surface area (Å²) in [7, 11) is 0. The van der Waals surface area contributed by atoms with Crippen molar-refractivity contribution in [1.29, 1.82) is 0 Å². The zero-order chi connectivity index (χ0) is 20.5. The minimum absolute atomic E-state index is 0.200. The molecular weight excluding hydrogens is 396 g/mol. The Morgan fingerprint density at radius 2 is 1.75 bits per heavy atom. The maximum Gasteiger partial charge on any atom is 0.251 e. The van der Waals surface area contributed by atoms with Crippen LogP contribution in [0.3, 0.4) is 0 Å². The molecular formula is C20H23ClN4O2S. The van der Waals surface area contributed by atoms with Crippen molar-refractivity contribution in [2.24, 2.45) is 0 Å². The van der Waals surface area contributed by atoms with Crippen molar-refractivity contribution in [3.8, 4) is 0 Å². The van der Waals surface area contributed by atoms with Gasteiger partial charge in [0.05, 0.1) is 0 Å². The molecule has 0 atom stereocenters. The molecule has 148 valence electrons. The van der Waals surface area contributed by atoms with Gasteiger partial charge in [-0.2, -0.15) is 0 Å². The molecule has 28 heavy (non-hydrogen) atoms. The maximum atomic E-state index is 11.9. The molecule has 0 aromatic heterocycles. The van der Waals surface area contributed by atoms with Crippen LogP contribution in [0.25, 0.3) is 0 Å². The largest absolute Gasteiger partial charge is 0.352 e. The minimum Gasteiger partial charge on any atom is -0.352 e. The summed E-state index contributed by atoms with van der Waals surface area (Å²) in [6, 6.07) is 12.5. The number of hydrogen-bond donors (Lipinski definition) is 4. The number of thiocarbonyl (C=S) groups is 1. The highest BCUT2D eigenvalue weighted by Gasteiger charge is 2.07. The number of nitrogens with one attached hydrogen (secondary N) is 4. The molecule has 0 spiro atoms. The van der Waals surface area contributed by atoms with Gasteiger partial charge in [0.15, 0.2) is 5.11 Å². The van der Waals surface area contributed by atoms with E-state index in [0.717, 1.165) is 16.8 Å². The first kappa shape index (κ1) is 21.7. The number of aryl methyl sites for hydroxylation is 1. The minimum atomic E-state index is -0.217. The van der Waals surface area contributed by atoms with Crippen LogP contribution in [0.2, 0.25) is 5.02 Å². The highest BCUT2D eigenvalue weighted by Crippen LogP contribution is 2.17. The molecule has 0 aliphatic carbocycles. The summed E-state index contributed by atoms with van der Waals surface area (Å²) in [4.78, 5) is 23.8. The fourth-order valence-electron chi connectivity index (χ4n) is 2.38. The summed E-state index contributed by atoms with van der Waals surface area (Å²) in [6.45, 7) is 4.40. The molecule has 0 saturated heterocycles. The summed E-state index contributed by atoms with van der Waals surface area (Å²) in [6.07, 6.45) is 0.754. The monoisotopic (exact) mass is 418 g/mol. The van der Waals surface area contributed by atoms with Crippen molar-refractivity contribution >= 4 is 46.4 Å². The Morgan fingerprint density at radius 1 is 1.04 bits per heavy atom. The molecule has 0 heterocycles. The third-order valence-electron chi connectivity index (χ3n) is 4.14. The molecule has 0 unspecified atom stereocenters. The topological polar surface area (TPSA) is 82.3 Å². The summed E-state index contributed by atoms with van der Waals surface area (Å²) in [5, 5.41) is 6.69. The fourth-order valence-corrected chi connectivity index (χ4v) is 2.67. The van der Waals surface area contributed by atoms with E-state index in [0.29, 0.717) is 28.7 Å². The Bertz CT molecular complexity index is 856. The molecule has 2 rings (SSSR count). The van der Waals surface area contributed by atoms with Crippen molar-refractivity contribution in [3.63, 3.8) is 0 Å². The van der Waals surface area contributed by atoms with Crippen LogP contribution < -0.4 is 21.5 Å². The van der Waals surface area contributed by atoms with Crippen LogP contribution in [0.15, 0.2) is 42.5 Å². The Kier molecular flexibility index (Phi) is 8.22. The van der Waals surface area contributed by atoms with Gasteiger partial charge in [-0.25, -0.2) is 0 Å². The van der Waals surface area contributed by atoms with Gasteiger partial charge < -0.3 is 10.6 Å². The Balaban J connectivity index is 1.64. The number of anilines is 1. The first-order valence-electron chi connectivity index (χ1n) is 8.82. The van der Waals surface area contributed by atoms with Gasteiger partial charge >= 0.3 is 0 Å². The molecule has 8 heteroatoms. The number of carbonyl (C=O) groups is 2. The van der Waals surface area contributed by atoms with E-state index in [1.165, 1.54) is 0 Å².